The van der Waals surface area contributed by atoms with Crippen LogP contribution < -0.4 is 0 Å². The van der Waals surface area contributed by atoms with E-state index < -0.39 is 0 Å². The van der Waals surface area contributed by atoms with Crippen LogP contribution in [0.5, 0.6) is 0 Å². The SMILES string of the molecule is CCc1cc(-c2ccc(Br)cn2)ncc1Br. The summed E-state index contributed by atoms with van der Waals surface area (Å²) in [6.07, 6.45) is 4.59. The molecule has 0 radical (unpaired) electrons. The quantitative estimate of drug-likeness (QED) is 0.816. The Morgan fingerprint density at radius 1 is 1.06 bits per heavy atom. The fourth-order valence-corrected chi connectivity index (χ4v) is 2.15. The van der Waals surface area contributed by atoms with Gasteiger partial charge in [0.2, 0.25) is 0 Å². The number of aromatic nitrogens is 2. The number of rotatable bonds is 2. The zero-order chi connectivity index (χ0) is 11.5. The van der Waals surface area contributed by atoms with Crippen molar-refractivity contribution in [3.63, 3.8) is 0 Å². The second-order valence-corrected chi connectivity index (χ2v) is 5.15. The summed E-state index contributed by atoms with van der Waals surface area (Å²) in [6, 6.07) is 6.00. The molecule has 2 aromatic heterocycles. The molecule has 0 spiro atoms. The Labute approximate surface area is 111 Å². The van der Waals surface area contributed by atoms with Crippen LogP contribution in [0, 0.1) is 0 Å². The first-order valence-corrected chi connectivity index (χ1v) is 6.55. The minimum absolute atomic E-state index is 0.894. The van der Waals surface area contributed by atoms with Crippen molar-refractivity contribution in [2.75, 3.05) is 0 Å². The van der Waals surface area contributed by atoms with E-state index in [0.29, 0.717) is 0 Å². The van der Waals surface area contributed by atoms with Crippen molar-refractivity contribution in [1.29, 1.82) is 0 Å². The van der Waals surface area contributed by atoms with Gasteiger partial charge in [-0.3, -0.25) is 9.97 Å². The Balaban J connectivity index is 2.44. The first-order valence-electron chi connectivity index (χ1n) is 4.97. The first kappa shape index (κ1) is 11.7. The highest BCUT2D eigenvalue weighted by Gasteiger charge is 2.04. The Morgan fingerprint density at radius 3 is 2.44 bits per heavy atom. The van der Waals surface area contributed by atoms with Crippen LogP contribution in [0.1, 0.15) is 12.5 Å². The molecule has 2 nitrogen and oxygen atoms in total. The van der Waals surface area contributed by atoms with Crippen LogP contribution in [0.4, 0.5) is 0 Å². The molecule has 0 aliphatic heterocycles. The Kier molecular flexibility index (Phi) is 3.71. The summed E-state index contributed by atoms with van der Waals surface area (Å²) < 4.78 is 2.03. The van der Waals surface area contributed by atoms with Gasteiger partial charge in [-0.05, 0) is 62.0 Å². The molecule has 0 saturated heterocycles. The van der Waals surface area contributed by atoms with Crippen molar-refractivity contribution in [2.24, 2.45) is 0 Å². The summed E-state index contributed by atoms with van der Waals surface area (Å²) in [7, 11) is 0. The minimum atomic E-state index is 0.894. The second kappa shape index (κ2) is 5.06. The summed E-state index contributed by atoms with van der Waals surface area (Å²) in [5, 5.41) is 0. The van der Waals surface area contributed by atoms with Gasteiger partial charge < -0.3 is 0 Å². The monoisotopic (exact) mass is 340 g/mol. The minimum Gasteiger partial charge on any atom is -0.253 e. The van der Waals surface area contributed by atoms with E-state index >= 15 is 0 Å². The molecule has 0 amide bonds. The highest BCUT2D eigenvalue weighted by atomic mass is 79.9. The first-order chi connectivity index (χ1) is 7.70. The van der Waals surface area contributed by atoms with Gasteiger partial charge in [-0.25, -0.2) is 0 Å². The van der Waals surface area contributed by atoms with E-state index in [1.807, 2.05) is 18.3 Å². The van der Waals surface area contributed by atoms with E-state index in [0.717, 1.165) is 26.8 Å². The van der Waals surface area contributed by atoms with E-state index in [1.165, 1.54) is 5.56 Å². The third-order valence-electron chi connectivity index (χ3n) is 2.31. The van der Waals surface area contributed by atoms with E-state index in [4.69, 9.17) is 0 Å². The Hall–Kier alpha value is -0.740. The average Bonchev–Trinajstić information content (AvgIpc) is 2.31. The van der Waals surface area contributed by atoms with Gasteiger partial charge >= 0.3 is 0 Å². The molecule has 0 aliphatic rings. The van der Waals surface area contributed by atoms with Crippen LogP contribution >= 0.6 is 31.9 Å². The average molecular weight is 342 g/mol. The highest BCUT2D eigenvalue weighted by molar-refractivity contribution is 9.10. The van der Waals surface area contributed by atoms with Crippen LogP contribution in [0.2, 0.25) is 0 Å². The molecule has 4 heteroatoms. The van der Waals surface area contributed by atoms with Gasteiger partial charge in [0.25, 0.3) is 0 Å². The lowest BCUT2D eigenvalue weighted by molar-refractivity contribution is 1.10. The van der Waals surface area contributed by atoms with Crippen molar-refractivity contribution >= 4 is 31.9 Å². The summed E-state index contributed by atoms with van der Waals surface area (Å²) >= 11 is 6.85. The van der Waals surface area contributed by atoms with E-state index in [-0.39, 0.29) is 0 Å². The van der Waals surface area contributed by atoms with Gasteiger partial charge in [-0.2, -0.15) is 0 Å². The van der Waals surface area contributed by atoms with Crippen LogP contribution in [-0.2, 0) is 6.42 Å². The molecule has 2 rings (SSSR count). The van der Waals surface area contributed by atoms with Gasteiger partial charge in [0.05, 0.1) is 11.4 Å². The smallest absolute Gasteiger partial charge is 0.0889 e. The largest absolute Gasteiger partial charge is 0.253 e. The molecule has 0 aliphatic carbocycles. The molecule has 82 valence electrons. The summed E-state index contributed by atoms with van der Waals surface area (Å²) in [4.78, 5) is 8.69. The topological polar surface area (TPSA) is 25.8 Å². The van der Waals surface area contributed by atoms with E-state index in [9.17, 15) is 0 Å². The maximum Gasteiger partial charge on any atom is 0.0889 e. The zero-order valence-corrected chi connectivity index (χ0v) is 11.9. The van der Waals surface area contributed by atoms with E-state index in [2.05, 4.69) is 54.8 Å². The molecule has 0 bridgehead atoms. The third kappa shape index (κ3) is 2.50. The number of hydrogen-bond acceptors (Lipinski definition) is 2. The molecular formula is C12H10Br2N2. The lowest BCUT2D eigenvalue weighted by Gasteiger charge is -2.04. The molecule has 0 fully saturated rings. The molecule has 0 N–H and O–H groups in total. The molecule has 2 heterocycles. The predicted molar refractivity (Wildman–Crippen MR) is 72.2 cm³/mol. The summed E-state index contributed by atoms with van der Waals surface area (Å²) in [5.74, 6) is 0. The maximum atomic E-state index is 4.36. The number of pyridine rings is 2. The van der Waals surface area contributed by atoms with Crippen LogP contribution in [-0.4, -0.2) is 9.97 Å². The fourth-order valence-electron chi connectivity index (χ4n) is 1.42. The van der Waals surface area contributed by atoms with Crippen LogP contribution in [0.15, 0.2) is 39.5 Å². The van der Waals surface area contributed by atoms with Gasteiger partial charge in [0.1, 0.15) is 0 Å². The van der Waals surface area contributed by atoms with E-state index in [1.54, 1.807) is 6.20 Å². The van der Waals surface area contributed by atoms with Gasteiger partial charge in [0, 0.05) is 21.3 Å². The predicted octanol–water partition coefficient (Wildman–Crippen LogP) is 4.23. The zero-order valence-electron chi connectivity index (χ0n) is 8.74. The molecule has 2 aromatic rings. The molecule has 0 unspecified atom stereocenters. The highest BCUT2D eigenvalue weighted by Crippen LogP contribution is 2.22. The third-order valence-corrected chi connectivity index (χ3v) is 3.49. The maximum absolute atomic E-state index is 4.36. The van der Waals surface area contributed by atoms with Crippen molar-refractivity contribution in [3.8, 4) is 11.4 Å². The van der Waals surface area contributed by atoms with Gasteiger partial charge in [-0.15, -0.1) is 0 Å². The second-order valence-electron chi connectivity index (χ2n) is 3.38. The lowest BCUT2D eigenvalue weighted by atomic mass is 10.1. The van der Waals surface area contributed by atoms with Crippen molar-refractivity contribution in [2.45, 2.75) is 13.3 Å². The fraction of sp³-hybridized carbons (Fsp3) is 0.167. The van der Waals surface area contributed by atoms with Gasteiger partial charge in [-0.1, -0.05) is 6.92 Å². The summed E-state index contributed by atoms with van der Waals surface area (Å²) in [6.45, 7) is 2.12. The number of halogens is 2. The van der Waals surface area contributed by atoms with Gasteiger partial charge in [0.15, 0.2) is 0 Å². The number of nitrogens with zero attached hydrogens (tertiary/aromatic N) is 2. The molecule has 0 atom stereocenters. The van der Waals surface area contributed by atoms with Crippen LogP contribution in [0.25, 0.3) is 11.4 Å². The molecule has 16 heavy (non-hydrogen) atoms. The lowest BCUT2D eigenvalue weighted by Crippen LogP contribution is -1.91. The van der Waals surface area contributed by atoms with Crippen molar-refractivity contribution in [3.05, 3.63) is 45.1 Å². The normalized spacial score (nSPS) is 10.4. The van der Waals surface area contributed by atoms with Crippen molar-refractivity contribution < 1.29 is 0 Å². The van der Waals surface area contributed by atoms with Crippen LogP contribution in [0.3, 0.4) is 0 Å². The Bertz CT molecular complexity index is 495. The number of aryl methyl sites for hydroxylation is 1. The standard InChI is InChI=1S/C12H10Br2N2/c1-2-8-5-12(16-7-10(8)14)11-4-3-9(13)6-15-11/h3-7H,2H2,1H3. The van der Waals surface area contributed by atoms with Crippen molar-refractivity contribution in [1.82, 2.24) is 9.97 Å². The summed E-state index contributed by atoms with van der Waals surface area (Å²) in [5.41, 5.74) is 3.05. The Morgan fingerprint density at radius 2 is 1.81 bits per heavy atom. The molecular weight excluding hydrogens is 332 g/mol. The molecule has 0 aromatic carbocycles. The number of hydrogen-bond donors (Lipinski definition) is 0. The molecule has 0 saturated carbocycles.